The van der Waals surface area contributed by atoms with Crippen LogP contribution in [0.2, 0.25) is 0 Å². The Morgan fingerprint density at radius 1 is 1.35 bits per heavy atom. The summed E-state index contributed by atoms with van der Waals surface area (Å²) in [6.45, 7) is 2.03. The predicted octanol–water partition coefficient (Wildman–Crippen LogP) is 4.39. The lowest BCUT2D eigenvalue weighted by Crippen LogP contribution is -2.25. The van der Waals surface area contributed by atoms with Crippen LogP contribution in [0, 0.1) is 5.82 Å². The van der Waals surface area contributed by atoms with Crippen LogP contribution in [0.5, 0.6) is 0 Å². The van der Waals surface area contributed by atoms with Gasteiger partial charge in [-0.25, -0.2) is 4.39 Å². The third-order valence-electron chi connectivity index (χ3n) is 3.00. The average molecular weight is 294 g/mol. The fraction of sp³-hybridized carbons (Fsp3) is 0.214. The Morgan fingerprint density at radius 3 is 2.94 bits per heavy atom. The fourth-order valence-electron chi connectivity index (χ4n) is 1.96. The van der Waals surface area contributed by atoms with Crippen LogP contribution in [-0.2, 0) is 5.41 Å². The largest absolute Gasteiger partial charge is 0.268 e. The average Bonchev–Trinajstić information content (AvgIpc) is 2.58. The Morgan fingerprint density at radius 2 is 2.18 bits per heavy atom. The van der Waals surface area contributed by atoms with Crippen molar-refractivity contribution in [1.82, 2.24) is 0 Å². The molecule has 0 bridgehead atoms. The van der Waals surface area contributed by atoms with Gasteiger partial charge in [-0.3, -0.25) is 4.99 Å². The van der Waals surface area contributed by atoms with Crippen molar-refractivity contribution < 1.29 is 4.39 Å². The first kappa shape index (κ1) is 12.2. The minimum Gasteiger partial charge on any atom is -0.268 e. The molecule has 1 unspecified atom stereocenters. The van der Waals surface area contributed by atoms with Crippen LogP contribution in [0.4, 0.5) is 4.39 Å². The number of aliphatic imine (C=N–C) groups is 1. The van der Waals surface area contributed by atoms with Gasteiger partial charge in [-0.05, 0) is 30.7 Å². The lowest BCUT2D eigenvalue weighted by Gasteiger charge is -2.25. The third-order valence-corrected chi connectivity index (χ3v) is 3.49. The zero-order chi connectivity index (χ0) is 12.3. The van der Waals surface area contributed by atoms with Gasteiger partial charge in [0.05, 0.1) is 5.41 Å². The van der Waals surface area contributed by atoms with Gasteiger partial charge < -0.3 is 0 Å². The van der Waals surface area contributed by atoms with E-state index in [1.165, 1.54) is 6.07 Å². The maximum absolute atomic E-state index is 14.0. The van der Waals surface area contributed by atoms with E-state index in [-0.39, 0.29) is 5.82 Å². The van der Waals surface area contributed by atoms with Gasteiger partial charge >= 0.3 is 0 Å². The van der Waals surface area contributed by atoms with Crippen LogP contribution in [0.25, 0.3) is 0 Å². The van der Waals surface area contributed by atoms with Crippen molar-refractivity contribution in [2.75, 3.05) is 0 Å². The number of halogens is 2. The van der Waals surface area contributed by atoms with E-state index in [1.54, 1.807) is 18.5 Å². The second-order valence-electron chi connectivity index (χ2n) is 4.00. The van der Waals surface area contributed by atoms with Gasteiger partial charge in [0.25, 0.3) is 0 Å². The van der Waals surface area contributed by atoms with Gasteiger partial charge in [-0.1, -0.05) is 35.0 Å². The molecule has 1 nitrogen and oxygen atoms in total. The van der Waals surface area contributed by atoms with Crippen molar-refractivity contribution in [3.8, 4) is 0 Å². The Bertz CT molecular complexity index is 487. The monoisotopic (exact) mass is 293 g/mol. The molecule has 0 saturated carbocycles. The first-order chi connectivity index (χ1) is 8.18. The zero-order valence-electron chi connectivity index (χ0n) is 9.53. The van der Waals surface area contributed by atoms with Crippen molar-refractivity contribution in [2.24, 2.45) is 4.99 Å². The molecule has 0 spiro atoms. The van der Waals surface area contributed by atoms with Crippen LogP contribution >= 0.6 is 15.9 Å². The van der Waals surface area contributed by atoms with Crippen LogP contribution in [-0.4, -0.2) is 6.21 Å². The molecule has 0 aromatic heterocycles. The van der Waals surface area contributed by atoms with Crippen molar-refractivity contribution in [1.29, 1.82) is 0 Å². The molecule has 1 atom stereocenters. The second kappa shape index (κ2) is 4.96. The Labute approximate surface area is 109 Å². The third kappa shape index (κ3) is 2.39. The zero-order valence-corrected chi connectivity index (χ0v) is 11.1. The summed E-state index contributed by atoms with van der Waals surface area (Å²) in [4.78, 5) is 4.19. The predicted molar refractivity (Wildman–Crippen MR) is 72.8 cm³/mol. The van der Waals surface area contributed by atoms with Crippen molar-refractivity contribution in [2.45, 2.75) is 18.8 Å². The highest BCUT2D eigenvalue weighted by atomic mass is 79.9. The van der Waals surface area contributed by atoms with E-state index in [1.807, 2.05) is 31.2 Å². The molecule has 1 heterocycles. The summed E-state index contributed by atoms with van der Waals surface area (Å²) in [5.41, 5.74) is 0.190. The number of allylic oxidation sites excluding steroid dienone is 3. The lowest BCUT2D eigenvalue weighted by molar-refractivity contribution is 0.572. The minimum absolute atomic E-state index is 0.201. The van der Waals surface area contributed by atoms with Crippen molar-refractivity contribution in [3.05, 3.63) is 58.5 Å². The summed E-state index contributed by atoms with van der Waals surface area (Å²) in [7, 11) is 0. The summed E-state index contributed by atoms with van der Waals surface area (Å²) >= 11 is 3.38. The summed E-state index contributed by atoms with van der Waals surface area (Å²) in [6, 6.07) is 5.01. The molecule has 1 aliphatic heterocycles. The molecular formula is C14H13BrFN. The molecule has 1 aromatic rings. The topological polar surface area (TPSA) is 12.4 Å². The Kier molecular flexibility index (Phi) is 3.57. The van der Waals surface area contributed by atoms with E-state index in [4.69, 9.17) is 0 Å². The van der Waals surface area contributed by atoms with E-state index in [9.17, 15) is 4.39 Å². The minimum atomic E-state index is -0.461. The van der Waals surface area contributed by atoms with Gasteiger partial charge in [0.2, 0.25) is 0 Å². The standard InChI is InChI=1S/C14H13BrFN/c1-2-14(7-3-4-8-17-10-14)12-9-11(15)5-6-13(12)16/h3-10H,2H2,1H3. The number of hydrogen-bond acceptors (Lipinski definition) is 1. The molecule has 17 heavy (non-hydrogen) atoms. The summed E-state index contributed by atoms with van der Waals surface area (Å²) < 4.78 is 14.9. The fourth-order valence-corrected chi connectivity index (χ4v) is 2.32. The molecule has 0 amide bonds. The molecule has 1 aromatic carbocycles. The van der Waals surface area contributed by atoms with Gasteiger partial charge in [-0.2, -0.15) is 0 Å². The molecule has 1 aliphatic rings. The van der Waals surface area contributed by atoms with Crippen molar-refractivity contribution in [3.63, 3.8) is 0 Å². The first-order valence-electron chi connectivity index (χ1n) is 5.52. The Hall–Kier alpha value is -1.22. The molecule has 2 rings (SSSR count). The lowest BCUT2D eigenvalue weighted by atomic mass is 9.78. The molecule has 3 heteroatoms. The molecule has 0 N–H and O–H groups in total. The highest BCUT2D eigenvalue weighted by molar-refractivity contribution is 9.10. The van der Waals surface area contributed by atoms with E-state index in [2.05, 4.69) is 20.9 Å². The van der Waals surface area contributed by atoms with Crippen LogP contribution in [0.1, 0.15) is 18.9 Å². The maximum Gasteiger partial charge on any atom is 0.127 e. The van der Waals surface area contributed by atoms with Gasteiger partial charge in [0.15, 0.2) is 0 Å². The first-order valence-corrected chi connectivity index (χ1v) is 6.31. The normalized spacial score (nSPS) is 22.8. The summed E-state index contributed by atoms with van der Waals surface area (Å²) in [5, 5.41) is 0. The van der Waals surface area contributed by atoms with Gasteiger partial charge in [-0.15, -0.1) is 0 Å². The smallest absolute Gasteiger partial charge is 0.127 e. The van der Waals surface area contributed by atoms with Gasteiger partial charge in [0.1, 0.15) is 5.82 Å². The highest BCUT2D eigenvalue weighted by Gasteiger charge is 2.29. The molecule has 0 aliphatic carbocycles. The molecule has 0 radical (unpaired) electrons. The molecule has 0 saturated heterocycles. The summed E-state index contributed by atoms with van der Waals surface area (Å²) in [5.74, 6) is -0.201. The maximum atomic E-state index is 14.0. The number of hydrogen-bond donors (Lipinski definition) is 0. The number of nitrogens with zero attached hydrogens (tertiary/aromatic N) is 1. The Balaban J connectivity index is 2.58. The van der Waals surface area contributed by atoms with Crippen LogP contribution < -0.4 is 0 Å². The van der Waals surface area contributed by atoms with Crippen molar-refractivity contribution >= 4 is 22.1 Å². The van der Waals surface area contributed by atoms with Crippen LogP contribution in [0.15, 0.2) is 52.1 Å². The molecular weight excluding hydrogens is 281 g/mol. The molecule has 0 fully saturated rings. The van der Waals surface area contributed by atoms with E-state index in [0.717, 1.165) is 10.9 Å². The van der Waals surface area contributed by atoms with E-state index < -0.39 is 5.41 Å². The van der Waals surface area contributed by atoms with Crippen LogP contribution in [0.3, 0.4) is 0 Å². The number of benzene rings is 1. The quantitative estimate of drug-likeness (QED) is 0.767. The molecule has 88 valence electrons. The summed E-state index contributed by atoms with van der Waals surface area (Å²) in [6.07, 6.45) is 10.0. The number of rotatable bonds is 2. The van der Waals surface area contributed by atoms with E-state index >= 15 is 0 Å². The van der Waals surface area contributed by atoms with E-state index in [0.29, 0.717) is 5.56 Å². The van der Waals surface area contributed by atoms with Gasteiger partial charge in [0, 0.05) is 22.5 Å². The SMILES string of the molecule is CCC1(c2cc(Br)ccc2F)C=CC=CN=C1. The second-order valence-corrected chi connectivity index (χ2v) is 4.91. The highest BCUT2D eigenvalue weighted by Crippen LogP contribution is 2.32.